The second kappa shape index (κ2) is 9.90. The molecule has 140 valence electrons. The summed E-state index contributed by atoms with van der Waals surface area (Å²) in [7, 11) is 1.15. The fourth-order valence-electron chi connectivity index (χ4n) is 3.71. The average Bonchev–Trinajstić information content (AvgIpc) is 3.40. The lowest BCUT2D eigenvalue weighted by Crippen LogP contribution is -2.47. The van der Waals surface area contributed by atoms with Gasteiger partial charge in [0.2, 0.25) is 0 Å². The summed E-state index contributed by atoms with van der Waals surface area (Å²) < 4.78 is 12.1. The van der Waals surface area contributed by atoms with Gasteiger partial charge in [-0.3, -0.25) is 9.20 Å². The van der Waals surface area contributed by atoms with Crippen LogP contribution in [0.4, 0.5) is 0 Å². The lowest BCUT2D eigenvalue weighted by atomic mass is 9.95. The van der Waals surface area contributed by atoms with Crippen molar-refractivity contribution < 1.29 is 4.21 Å². The Morgan fingerprint density at radius 1 is 1.20 bits per heavy atom. The Balaban J connectivity index is 0.00000225. The van der Waals surface area contributed by atoms with E-state index in [2.05, 4.69) is 46.0 Å². The van der Waals surface area contributed by atoms with Gasteiger partial charge in [-0.25, -0.2) is 0 Å². The van der Waals surface area contributed by atoms with Crippen molar-refractivity contribution in [3.05, 3.63) is 35.9 Å². The molecule has 0 bridgehead atoms. The smallest absolute Gasteiger partial charge is 0.191 e. The predicted octanol–water partition coefficient (Wildman–Crippen LogP) is 3.41. The number of hydrogen-bond acceptors (Lipinski definition) is 2. The van der Waals surface area contributed by atoms with Gasteiger partial charge in [0.25, 0.3) is 0 Å². The number of benzene rings is 1. The molecule has 6 heteroatoms. The van der Waals surface area contributed by atoms with Gasteiger partial charge < -0.3 is 10.6 Å². The molecule has 0 aromatic heterocycles. The Kier molecular flexibility index (Phi) is 8.19. The average molecular weight is 475 g/mol. The molecule has 3 rings (SSSR count). The van der Waals surface area contributed by atoms with E-state index in [0.717, 1.165) is 43.8 Å². The zero-order chi connectivity index (χ0) is 16.9. The number of halogens is 1. The fraction of sp³-hybridized carbons (Fsp3) is 0.632. The molecule has 2 fully saturated rings. The molecule has 0 radical (unpaired) electrons. The first kappa shape index (κ1) is 20.7. The fourth-order valence-corrected chi connectivity index (χ4v) is 5.06. The molecule has 2 aliphatic rings. The summed E-state index contributed by atoms with van der Waals surface area (Å²) in [5.41, 5.74) is 1.40. The third-order valence-electron chi connectivity index (χ3n) is 5.19. The summed E-state index contributed by atoms with van der Waals surface area (Å²) >= 11 is 0. The highest BCUT2D eigenvalue weighted by Crippen LogP contribution is 2.40. The van der Waals surface area contributed by atoms with E-state index >= 15 is 0 Å². The first-order valence-corrected chi connectivity index (χ1v) is 10.5. The third-order valence-corrected chi connectivity index (χ3v) is 6.93. The molecule has 5 unspecified atom stereocenters. The number of nitrogens with one attached hydrogen (secondary N) is 2. The van der Waals surface area contributed by atoms with Crippen LogP contribution < -0.4 is 10.6 Å². The Morgan fingerprint density at radius 3 is 2.64 bits per heavy atom. The van der Waals surface area contributed by atoms with E-state index in [1.807, 2.05) is 14.0 Å². The predicted molar refractivity (Wildman–Crippen MR) is 117 cm³/mol. The maximum Gasteiger partial charge on any atom is 0.191 e. The highest BCUT2D eigenvalue weighted by atomic mass is 127. The van der Waals surface area contributed by atoms with Crippen LogP contribution in [0.3, 0.4) is 0 Å². The summed E-state index contributed by atoms with van der Waals surface area (Å²) in [4.78, 5) is 4.40. The topological polar surface area (TPSA) is 53.5 Å². The van der Waals surface area contributed by atoms with Crippen LogP contribution in [0.15, 0.2) is 35.3 Å². The Labute approximate surface area is 171 Å². The highest BCUT2D eigenvalue weighted by Gasteiger charge is 2.39. The minimum Gasteiger partial charge on any atom is -0.354 e. The van der Waals surface area contributed by atoms with Gasteiger partial charge >= 0.3 is 0 Å². The highest BCUT2D eigenvalue weighted by molar-refractivity contribution is 14.0. The van der Waals surface area contributed by atoms with Crippen molar-refractivity contribution in [1.82, 2.24) is 10.6 Å². The Morgan fingerprint density at radius 2 is 1.96 bits per heavy atom. The summed E-state index contributed by atoms with van der Waals surface area (Å²) in [5.74, 6) is 2.26. The normalized spacial score (nSPS) is 30.1. The number of hydrogen-bond donors (Lipinski definition) is 2. The van der Waals surface area contributed by atoms with Crippen molar-refractivity contribution in [3.63, 3.8) is 0 Å². The maximum atomic E-state index is 12.1. The summed E-state index contributed by atoms with van der Waals surface area (Å²) in [5, 5.41) is 7.46. The van der Waals surface area contributed by atoms with Crippen LogP contribution in [0.5, 0.6) is 0 Å². The molecule has 0 saturated heterocycles. The molecule has 0 amide bonds. The minimum atomic E-state index is -0.680. The molecule has 0 spiro atoms. The van der Waals surface area contributed by atoms with Crippen LogP contribution in [0, 0.1) is 0 Å². The van der Waals surface area contributed by atoms with Gasteiger partial charge in [0.1, 0.15) is 0 Å². The summed E-state index contributed by atoms with van der Waals surface area (Å²) in [6, 6.07) is 11.5. The first-order chi connectivity index (χ1) is 11.7. The van der Waals surface area contributed by atoms with Gasteiger partial charge in [0.15, 0.2) is 5.96 Å². The monoisotopic (exact) mass is 475 g/mol. The van der Waals surface area contributed by atoms with Crippen LogP contribution in [0.25, 0.3) is 0 Å². The zero-order valence-corrected chi connectivity index (χ0v) is 18.3. The van der Waals surface area contributed by atoms with E-state index in [1.54, 1.807) is 0 Å². The van der Waals surface area contributed by atoms with Gasteiger partial charge in [0, 0.05) is 46.9 Å². The van der Waals surface area contributed by atoms with Crippen molar-refractivity contribution in [1.29, 1.82) is 0 Å². The quantitative estimate of drug-likeness (QED) is 0.390. The molecule has 2 N–H and O–H groups in total. The van der Waals surface area contributed by atoms with E-state index in [9.17, 15) is 4.21 Å². The molecule has 25 heavy (non-hydrogen) atoms. The van der Waals surface area contributed by atoms with Crippen LogP contribution in [-0.2, 0) is 10.8 Å². The Bertz CT molecular complexity index is 596. The van der Waals surface area contributed by atoms with Gasteiger partial charge in [-0.2, -0.15) is 0 Å². The van der Waals surface area contributed by atoms with Gasteiger partial charge in [0.05, 0.1) is 0 Å². The van der Waals surface area contributed by atoms with E-state index in [4.69, 9.17) is 0 Å². The number of rotatable bonds is 5. The van der Waals surface area contributed by atoms with Crippen molar-refractivity contribution in [3.8, 4) is 0 Å². The van der Waals surface area contributed by atoms with E-state index in [1.165, 1.54) is 5.56 Å². The van der Waals surface area contributed by atoms with Crippen LogP contribution >= 0.6 is 24.0 Å². The van der Waals surface area contributed by atoms with Crippen LogP contribution in [0.2, 0.25) is 0 Å². The van der Waals surface area contributed by atoms with Gasteiger partial charge in [-0.05, 0) is 31.2 Å². The van der Waals surface area contributed by atoms with E-state index in [0.29, 0.717) is 23.3 Å². The second-order valence-electron chi connectivity index (χ2n) is 6.88. The molecule has 5 atom stereocenters. The van der Waals surface area contributed by atoms with Crippen molar-refractivity contribution in [2.24, 2.45) is 4.99 Å². The minimum absolute atomic E-state index is 0. The molecule has 2 saturated carbocycles. The summed E-state index contributed by atoms with van der Waals surface area (Å²) in [6.45, 7) is 2.02. The third kappa shape index (κ3) is 5.67. The van der Waals surface area contributed by atoms with Crippen LogP contribution in [-0.4, -0.2) is 40.3 Å². The number of nitrogens with zero attached hydrogens (tertiary/aromatic N) is 1. The zero-order valence-electron chi connectivity index (χ0n) is 15.1. The van der Waals surface area contributed by atoms with Crippen molar-refractivity contribution in [2.45, 2.75) is 62.3 Å². The van der Waals surface area contributed by atoms with Crippen molar-refractivity contribution >= 4 is 40.7 Å². The molecule has 1 aromatic carbocycles. The molecule has 1 aromatic rings. The maximum absolute atomic E-state index is 12.1. The SMILES string of the molecule is CCS(=O)C1CCCC(NC(=NC)NC2CC2c2ccccc2)C1.I. The molecular formula is C19H30IN3OS. The molecule has 0 heterocycles. The molecule has 4 nitrogen and oxygen atoms in total. The Hall–Kier alpha value is -0.630. The lowest BCUT2D eigenvalue weighted by Gasteiger charge is -2.30. The van der Waals surface area contributed by atoms with E-state index in [-0.39, 0.29) is 24.0 Å². The molecular weight excluding hydrogens is 445 g/mol. The number of aliphatic imine (C=N–C) groups is 1. The lowest BCUT2D eigenvalue weighted by molar-refractivity contribution is 0.413. The molecule has 2 aliphatic carbocycles. The number of guanidine groups is 1. The first-order valence-electron chi connectivity index (χ1n) is 9.13. The second-order valence-corrected chi connectivity index (χ2v) is 8.88. The van der Waals surface area contributed by atoms with Crippen LogP contribution in [0.1, 0.15) is 50.5 Å². The van der Waals surface area contributed by atoms with Gasteiger partial charge in [-0.1, -0.05) is 43.7 Å². The van der Waals surface area contributed by atoms with Crippen molar-refractivity contribution in [2.75, 3.05) is 12.8 Å². The van der Waals surface area contributed by atoms with E-state index < -0.39 is 10.8 Å². The van der Waals surface area contributed by atoms with Gasteiger partial charge in [-0.15, -0.1) is 24.0 Å². The largest absolute Gasteiger partial charge is 0.354 e. The molecule has 0 aliphatic heterocycles. The standard InChI is InChI=1S/C19H29N3OS.HI/c1-3-24(23)16-11-7-10-15(12-16)21-19(20-2)22-18-13-17(18)14-8-5-4-6-9-14;/h4-6,8-9,15-18H,3,7,10-13H2,1-2H3,(H2,20,21,22);1H. The summed E-state index contributed by atoms with van der Waals surface area (Å²) in [6.07, 6.45) is 5.56.